The lowest BCUT2D eigenvalue weighted by atomic mass is 10.0. The van der Waals surface area contributed by atoms with Crippen LogP contribution >= 0.6 is 0 Å². The SMILES string of the molecule is O=C(c1cc2ccccc2oc1=O)N1CCCc2cccc(F)c21. The van der Waals surface area contributed by atoms with Crippen molar-refractivity contribution in [3.05, 3.63) is 75.9 Å². The topological polar surface area (TPSA) is 50.5 Å². The third-order valence-electron chi connectivity index (χ3n) is 4.29. The Morgan fingerprint density at radius 1 is 1.12 bits per heavy atom. The Morgan fingerprint density at radius 3 is 2.83 bits per heavy atom. The van der Waals surface area contributed by atoms with Crippen molar-refractivity contribution >= 4 is 22.6 Å². The van der Waals surface area contributed by atoms with Crippen molar-refractivity contribution in [1.29, 1.82) is 0 Å². The predicted molar refractivity (Wildman–Crippen MR) is 88.9 cm³/mol. The molecular weight excluding hydrogens is 309 g/mol. The highest BCUT2D eigenvalue weighted by Gasteiger charge is 2.28. The summed E-state index contributed by atoms with van der Waals surface area (Å²) in [5.41, 5.74) is 0.678. The van der Waals surface area contributed by atoms with E-state index in [0.717, 1.165) is 12.0 Å². The molecular formula is C19H14FNO3. The van der Waals surface area contributed by atoms with Crippen LogP contribution in [0.25, 0.3) is 11.0 Å². The Hall–Kier alpha value is -2.95. The molecule has 0 spiro atoms. The number of carbonyl (C=O) groups is 1. The zero-order valence-corrected chi connectivity index (χ0v) is 12.8. The predicted octanol–water partition coefficient (Wildman–Crippen LogP) is 3.53. The summed E-state index contributed by atoms with van der Waals surface area (Å²) in [5, 5.41) is 0.659. The average molecular weight is 323 g/mol. The Labute approximate surface area is 137 Å². The second-order valence-corrected chi connectivity index (χ2v) is 5.79. The maximum Gasteiger partial charge on any atom is 0.349 e. The van der Waals surface area contributed by atoms with Crippen molar-refractivity contribution in [2.45, 2.75) is 12.8 Å². The monoisotopic (exact) mass is 323 g/mol. The fourth-order valence-corrected chi connectivity index (χ4v) is 3.16. The molecule has 0 radical (unpaired) electrons. The van der Waals surface area contributed by atoms with Crippen molar-refractivity contribution in [2.24, 2.45) is 0 Å². The van der Waals surface area contributed by atoms with E-state index in [4.69, 9.17) is 4.42 Å². The van der Waals surface area contributed by atoms with Crippen LogP contribution in [0.4, 0.5) is 10.1 Å². The van der Waals surface area contributed by atoms with E-state index in [1.54, 1.807) is 36.4 Å². The van der Waals surface area contributed by atoms with Crippen molar-refractivity contribution in [2.75, 3.05) is 11.4 Å². The molecule has 1 aromatic heterocycles. The number of rotatable bonds is 1. The molecule has 1 amide bonds. The minimum Gasteiger partial charge on any atom is -0.422 e. The van der Waals surface area contributed by atoms with Gasteiger partial charge in [0.2, 0.25) is 0 Å². The molecule has 0 saturated heterocycles. The van der Waals surface area contributed by atoms with Crippen LogP contribution < -0.4 is 10.5 Å². The summed E-state index contributed by atoms with van der Waals surface area (Å²) in [6, 6.07) is 13.3. The fourth-order valence-electron chi connectivity index (χ4n) is 3.16. The molecule has 0 fully saturated rings. The van der Waals surface area contributed by atoms with E-state index in [0.29, 0.717) is 23.9 Å². The number of amides is 1. The number of halogens is 1. The number of hydrogen-bond donors (Lipinski definition) is 0. The maximum absolute atomic E-state index is 14.3. The van der Waals surface area contributed by atoms with Gasteiger partial charge >= 0.3 is 5.63 Å². The number of fused-ring (bicyclic) bond motifs is 2. The van der Waals surface area contributed by atoms with Gasteiger partial charge in [0.05, 0.1) is 5.69 Å². The van der Waals surface area contributed by atoms with E-state index < -0.39 is 17.3 Å². The van der Waals surface area contributed by atoms with E-state index in [9.17, 15) is 14.0 Å². The largest absolute Gasteiger partial charge is 0.422 e. The zero-order valence-electron chi connectivity index (χ0n) is 12.8. The number of carbonyl (C=O) groups excluding carboxylic acids is 1. The number of nitrogens with zero attached hydrogens (tertiary/aromatic N) is 1. The number of anilines is 1. The first-order chi connectivity index (χ1) is 11.6. The second kappa shape index (κ2) is 5.60. The molecule has 0 bridgehead atoms. The van der Waals surface area contributed by atoms with E-state index in [-0.39, 0.29) is 11.3 Å². The van der Waals surface area contributed by atoms with Gasteiger partial charge in [-0.3, -0.25) is 4.79 Å². The lowest BCUT2D eigenvalue weighted by Crippen LogP contribution is -2.38. The van der Waals surface area contributed by atoms with Gasteiger partial charge in [0.25, 0.3) is 5.91 Å². The van der Waals surface area contributed by atoms with Crippen molar-refractivity contribution in [3.8, 4) is 0 Å². The van der Waals surface area contributed by atoms with Crippen molar-refractivity contribution in [1.82, 2.24) is 0 Å². The number of aryl methyl sites for hydroxylation is 1. The highest BCUT2D eigenvalue weighted by atomic mass is 19.1. The molecule has 4 nitrogen and oxygen atoms in total. The summed E-state index contributed by atoms with van der Waals surface area (Å²) < 4.78 is 19.5. The second-order valence-electron chi connectivity index (χ2n) is 5.79. The lowest BCUT2D eigenvalue weighted by molar-refractivity contribution is 0.0980. The normalized spacial score (nSPS) is 13.8. The summed E-state index contributed by atoms with van der Waals surface area (Å²) in [6.45, 7) is 0.374. The van der Waals surface area contributed by atoms with Gasteiger partial charge in [0.15, 0.2) is 0 Å². The van der Waals surface area contributed by atoms with E-state index in [1.807, 2.05) is 0 Å². The lowest BCUT2D eigenvalue weighted by Gasteiger charge is -2.29. The minimum absolute atomic E-state index is 0.0789. The quantitative estimate of drug-likeness (QED) is 0.644. The molecule has 5 heteroatoms. The fraction of sp³-hybridized carbons (Fsp3) is 0.158. The standard InChI is InChI=1S/C19H14FNO3/c20-15-8-3-6-12-7-4-10-21(17(12)15)18(22)14-11-13-5-1-2-9-16(13)24-19(14)23/h1-3,5-6,8-9,11H,4,7,10H2. The van der Waals surface area contributed by atoms with Crippen molar-refractivity contribution in [3.63, 3.8) is 0 Å². The smallest absolute Gasteiger partial charge is 0.349 e. The molecule has 4 rings (SSSR count). The highest BCUT2D eigenvalue weighted by molar-refractivity contribution is 6.07. The Bertz CT molecular complexity index is 1010. The number of hydrogen-bond acceptors (Lipinski definition) is 3. The van der Waals surface area contributed by atoms with E-state index in [2.05, 4.69) is 0 Å². The van der Waals surface area contributed by atoms with Gasteiger partial charge in [-0.2, -0.15) is 0 Å². The van der Waals surface area contributed by atoms with Crippen LogP contribution in [0.2, 0.25) is 0 Å². The van der Waals surface area contributed by atoms with Gasteiger partial charge in [-0.15, -0.1) is 0 Å². The summed E-state index contributed by atoms with van der Waals surface area (Å²) in [4.78, 5) is 26.4. The number of para-hydroxylation sites is 2. The molecule has 0 unspecified atom stereocenters. The van der Waals surface area contributed by atoms with Gasteiger partial charge < -0.3 is 9.32 Å². The van der Waals surface area contributed by atoms with Gasteiger partial charge in [-0.25, -0.2) is 9.18 Å². The average Bonchev–Trinajstić information content (AvgIpc) is 2.60. The van der Waals surface area contributed by atoms with Crippen LogP contribution in [0, 0.1) is 5.82 Å². The van der Waals surface area contributed by atoms with Gasteiger partial charge in [0.1, 0.15) is 17.0 Å². The van der Waals surface area contributed by atoms with Crippen molar-refractivity contribution < 1.29 is 13.6 Å². The van der Waals surface area contributed by atoms with Crippen LogP contribution in [0.5, 0.6) is 0 Å². The van der Waals surface area contributed by atoms with Crippen LogP contribution in [0.3, 0.4) is 0 Å². The zero-order chi connectivity index (χ0) is 16.7. The van der Waals surface area contributed by atoms with E-state index >= 15 is 0 Å². The summed E-state index contributed by atoms with van der Waals surface area (Å²) in [7, 11) is 0. The molecule has 1 aliphatic rings. The molecule has 2 heterocycles. The Morgan fingerprint density at radius 2 is 1.96 bits per heavy atom. The molecule has 24 heavy (non-hydrogen) atoms. The van der Waals surface area contributed by atoms with E-state index in [1.165, 1.54) is 17.0 Å². The van der Waals surface area contributed by atoms with Crippen LogP contribution in [-0.4, -0.2) is 12.5 Å². The third kappa shape index (κ3) is 2.29. The van der Waals surface area contributed by atoms with Gasteiger partial charge in [0, 0.05) is 11.9 Å². The third-order valence-corrected chi connectivity index (χ3v) is 4.29. The van der Waals surface area contributed by atoms with Crippen LogP contribution in [0.15, 0.2) is 57.7 Å². The van der Waals surface area contributed by atoms with Gasteiger partial charge in [-0.05, 0) is 36.6 Å². The molecule has 0 aliphatic carbocycles. The summed E-state index contributed by atoms with van der Waals surface area (Å²) in [5.74, 6) is -0.980. The first-order valence-corrected chi connectivity index (χ1v) is 7.77. The number of benzene rings is 2. The highest BCUT2D eigenvalue weighted by Crippen LogP contribution is 2.31. The molecule has 1 aliphatic heterocycles. The molecule has 120 valence electrons. The maximum atomic E-state index is 14.3. The first kappa shape index (κ1) is 14.6. The van der Waals surface area contributed by atoms with Gasteiger partial charge in [-0.1, -0.05) is 30.3 Å². The van der Waals surface area contributed by atoms with Crippen LogP contribution in [-0.2, 0) is 6.42 Å². The minimum atomic E-state index is -0.706. The molecule has 0 saturated carbocycles. The molecule has 0 atom stereocenters. The molecule has 3 aromatic rings. The Kier molecular flexibility index (Phi) is 3.41. The Balaban J connectivity index is 1.84. The summed E-state index contributed by atoms with van der Waals surface area (Å²) in [6.07, 6.45) is 1.43. The van der Waals surface area contributed by atoms with Crippen LogP contribution in [0.1, 0.15) is 22.3 Å². The first-order valence-electron chi connectivity index (χ1n) is 7.77. The molecule has 0 N–H and O–H groups in total. The molecule has 2 aromatic carbocycles. The summed E-state index contributed by atoms with van der Waals surface area (Å²) >= 11 is 0.